The lowest BCUT2D eigenvalue weighted by atomic mass is 10.1. The third-order valence-electron chi connectivity index (χ3n) is 2.93. The van der Waals surface area contributed by atoms with Gasteiger partial charge in [0.1, 0.15) is 17.4 Å². The number of methoxy groups -OCH3 is 1. The topological polar surface area (TPSA) is 62.1 Å². The van der Waals surface area contributed by atoms with Crippen molar-refractivity contribution in [2.75, 3.05) is 12.4 Å². The van der Waals surface area contributed by atoms with E-state index in [-0.39, 0.29) is 5.57 Å². The van der Waals surface area contributed by atoms with E-state index in [2.05, 4.69) is 21.2 Å². The van der Waals surface area contributed by atoms with Gasteiger partial charge in [-0.3, -0.25) is 4.79 Å². The number of hydrogen-bond acceptors (Lipinski definition) is 3. The molecular weight excluding hydrogens is 380 g/mol. The van der Waals surface area contributed by atoms with E-state index >= 15 is 0 Å². The Balaban J connectivity index is 2.23. The number of carbonyl (C=O) groups excluding carboxylic acids is 1. The SMILES string of the molecule is COc1ccc(/C=C(\C#N)C(=O)Nc2cccc(Cl)c2)cc1Br. The molecule has 2 aromatic carbocycles. The Kier molecular flexibility index (Phi) is 5.80. The second-order valence-electron chi connectivity index (χ2n) is 4.53. The molecule has 23 heavy (non-hydrogen) atoms. The molecule has 0 fully saturated rings. The number of carbonyl (C=O) groups is 1. The van der Waals surface area contributed by atoms with E-state index < -0.39 is 5.91 Å². The Morgan fingerprint density at radius 2 is 2.13 bits per heavy atom. The van der Waals surface area contributed by atoms with Gasteiger partial charge in [-0.05, 0) is 57.9 Å². The number of nitriles is 1. The molecule has 1 N–H and O–H groups in total. The lowest BCUT2D eigenvalue weighted by molar-refractivity contribution is -0.112. The first kappa shape index (κ1) is 17.1. The summed E-state index contributed by atoms with van der Waals surface area (Å²) >= 11 is 9.24. The van der Waals surface area contributed by atoms with Gasteiger partial charge in [0.05, 0.1) is 11.6 Å². The average Bonchev–Trinajstić information content (AvgIpc) is 2.52. The lowest BCUT2D eigenvalue weighted by Gasteiger charge is -2.06. The minimum atomic E-state index is -0.498. The Bertz CT molecular complexity index is 812. The number of hydrogen-bond donors (Lipinski definition) is 1. The first-order valence-corrected chi connectivity index (χ1v) is 7.73. The van der Waals surface area contributed by atoms with Crippen LogP contribution in [0.5, 0.6) is 5.75 Å². The molecule has 0 bridgehead atoms. The molecule has 2 aromatic rings. The maximum Gasteiger partial charge on any atom is 0.266 e. The normalized spacial score (nSPS) is 10.8. The summed E-state index contributed by atoms with van der Waals surface area (Å²) in [6.45, 7) is 0. The van der Waals surface area contributed by atoms with Crippen molar-refractivity contribution in [3.05, 3.63) is 63.1 Å². The van der Waals surface area contributed by atoms with Crippen molar-refractivity contribution in [3.8, 4) is 11.8 Å². The van der Waals surface area contributed by atoms with Crippen LogP contribution >= 0.6 is 27.5 Å². The summed E-state index contributed by atoms with van der Waals surface area (Å²) in [6.07, 6.45) is 1.50. The molecule has 0 aliphatic heterocycles. The van der Waals surface area contributed by atoms with Crippen molar-refractivity contribution in [2.45, 2.75) is 0 Å². The molecule has 0 unspecified atom stereocenters. The maximum absolute atomic E-state index is 12.2. The van der Waals surface area contributed by atoms with Gasteiger partial charge in [0.15, 0.2) is 0 Å². The van der Waals surface area contributed by atoms with Crippen molar-refractivity contribution in [2.24, 2.45) is 0 Å². The van der Waals surface area contributed by atoms with Crippen LogP contribution in [-0.4, -0.2) is 13.0 Å². The van der Waals surface area contributed by atoms with Crippen LogP contribution in [0.3, 0.4) is 0 Å². The zero-order valence-electron chi connectivity index (χ0n) is 12.1. The second kappa shape index (κ2) is 7.82. The van der Waals surface area contributed by atoms with Gasteiger partial charge in [-0.1, -0.05) is 23.7 Å². The van der Waals surface area contributed by atoms with Crippen LogP contribution in [-0.2, 0) is 4.79 Å². The first-order valence-electron chi connectivity index (χ1n) is 6.55. The molecule has 0 aromatic heterocycles. The van der Waals surface area contributed by atoms with Gasteiger partial charge in [0.25, 0.3) is 5.91 Å². The van der Waals surface area contributed by atoms with E-state index in [0.717, 1.165) is 4.47 Å². The van der Waals surface area contributed by atoms with Crippen molar-refractivity contribution < 1.29 is 9.53 Å². The molecule has 6 heteroatoms. The van der Waals surface area contributed by atoms with Gasteiger partial charge in [-0.15, -0.1) is 0 Å². The molecule has 0 radical (unpaired) electrons. The lowest BCUT2D eigenvalue weighted by Crippen LogP contribution is -2.13. The van der Waals surface area contributed by atoms with Crippen LogP contribution < -0.4 is 10.1 Å². The summed E-state index contributed by atoms with van der Waals surface area (Å²) < 4.78 is 5.88. The van der Waals surface area contributed by atoms with Crippen LogP contribution in [0.2, 0.25) is 5.02 Å². The Morgan fingerprint density at radius 3 is 2.74 bits per heavy atom. The molecule has 0 aliphatic carbocycles. The Labute approximate surface area is 147 Å². The largest absolute Gasteiger partial charge is 0.496 e. The highest BCUT2D eigenvalue weighted by Gasteiger charge is 2.10. The van der Waals surface area contributed by atoms with Crippen LogP contribution in [0.25, 0.3) is 6.08 Å². The monoisotopic (exact) mass is 390 g/mol. The third-order valence-corrected chi connectivity index (χ3v) is 3.79. The number of ether oxygens (including phenoxy) is 1. The summed E-state index contributed by atoms with van der Waals surface area (Å²) in [5.74, 6) is 0.172. The summed E-state index contributed by atoms with van der Waals surface area (Å²) in [6, 6.07) is 13.9. The summed E-state index contributed by atoms with van der Waals surface area (Å²) in [5, 5.41) is 12.4. The van der Waals surface area contributed by atoms with E-state index in [1.807, 2.05) is 6.07 Å². The van der Waals surface area contributed by atoms with Crippen LogP contribution in [0.15, 0.2) is 52.5 Å². The van der Waals surface area contributed by atoms with E-state index in [4.69, 9.17) is 16.3 Å². The predicted molar refractivity (Wildman–Crippen MR) is 94.4 cm³/mol. The van der Waals surface area contributed by atoms with Gasteiger partial charge in [0, 0.05) is 10.7 Å². The third kappa shape index (κ3) is 4.59. The zero-order chi connectivity index (χ0) is 16.8. The smallest absolute Gasteiger partial charge is 0.266 e. The number of amides is 1. The highest BCUT2D eigenvalue weighted by molar-refractivity contribution is 9.10. The Morgan fingerprint density at radius 1 is 1.35 bits per heavy atom. The highest BCUT2D eigenvalue weighted by atomic mass is 79.9. The number of rotatable bonds is 4. The zero-order valence-corrected chi connectivity index (χ0v) is 14.5. The second-order valence-corrected chi connectivity index (χ2v) is 5.82. The molecule has 0 heterocycles. The van der Waals surface area contributed by atoms with Crippen molar-refractivity contribution in [1.82, 2.24) is 0 Å². The molecule has 0 atom stereocenters. The number of benzene rings is 2. The Hall–Kier alpha value is -2.29. The van der Waals surface area contributed by atoms with Crippen LogP contribution in [0.1, 0.15) is 5.56 Å². The molecule has 0 saturated heterocycles. The van der Waals surface area contributed by atoms with E-state index in [1.54, 1.807) is 49.6 Å². The molecule has 0 aliphatic rings. The average molecular weight is 392 g/mol. The van der Waals surface area contributed by atoms with Crippen molar-refractivity contribution in [3.63, 3.8) is 0 Å². The van der Waals surface area contributed by atoms with E-state index in [0.29, 0.717) is 22.0 Å². The number of nitrogens with one attached hydrogen (secondary N) is 1. The number of nitrogens with zero attached hydrogens (tertiary/aromatic N) is 1. The van der Waals surface area contributed by atoms with Gasteiger partial charge in [-0.2, -0.15) is 5.26 Å². The maximum atomic E-state index is 12.2. The van der Waals surface area contributed by atoms with Crippen molar-refractivity contribution in [1.29, 1.82) is 5.26 Å². The minimum absolute atomic E-state index is 0.0120. The van der Waals surface area contributed by atoms with Gasteiger partial charge >= 0.3 is 0 Å². The number of halogens is 2. The van der Waals surface area contributed by atoms with Crippen LogP contribution in [0.4, 0.5) is 5.69 Å². The molecule has 116 valence electrons. The summed E-state index contributed by atoms with van der Waals surface area (Å²) in [7, 11) is 1.56. The molecule has 0 spiro atoms. The summed E-state index contributed by atoms with van der Waals surface area (Å²) in [4.78, 5) is 12.2. The van der Waals surface area contributed by atoms with E-state index in [1.165, 1.54) is 6.08 Å². The minimum Gasteiger partial charge on any atom is -0.496 e. The van der Waals surface area contributed by atoms with Crippen LogP contribution in [0, 0.1) is 11.3 Å². The molecule has 2 rings (SSSR count). The molecule has 1 amide bonds. The first-order chi connectivity index (χ1) is 11.0. The van der Waals surface area contributed by atoms with E-state index in [9.17, 15) is 10.1 Å². The van der Waals surface area contributed by atoms with Gasteiger partial charge in [0.2, 0.25) is 0 Å². The molecule has 4 nitrogen and oxygen atoms in total. The predicted octanol–water partition coefficient (Wildman–Crippen LogP) is 4.66. The highest BCUT2D eigenvalue weighted by Crippen LogP contribution is 2.26. The van der Waals surface area contributed by atoms with Gasteiger partial charge < -0.3 is 10.1 Å². The summed E-state index contributed by atoms with van der Waals surface area (Å²) in [5.41, 5.74) is 1.22. The fraction of sp³-hybridized carbons (Fsp3) is 0.0588. The fourth-order valence-electron chi connectivity index (χ4n) is 1.85. The van der Waals surface area contributed by atoms with Gasteiger partial charge in [-0.25, -0.2) is 0 Å². The molecular formula is C17H12BrClN2O2. The molecule has 0 saturated carbocycles. The van der Waals surface area contributed by atoms with Crippen molar-refractivity contribution >= 4 is 45.2 Å². The number of anilines is 1. The standard InChI is InChI=1S/C17H12BrClN2O2/c1-23-16-6-5-11(8-15(16)18)7-12(10-20)17(22)21-14-4-2-3-13(19)9-14/h2-9H,1H3,(H,21,22)/b12-7+. The quantitative estimate of drug-likeness (QED) is 0.609. The fourth-order valence-corrected chi connectivity index (χ4v) is 2.60.